The summed E-state index contributed by atoms with van der Waals surface area (Å²) in [6.07, 6.45) is 0.525. The lowest BCUT2D eigenvalue weighted by atomic mass is 9.98. The summed E-state index contributed by atoms with van der Waals surface area (Å²) in [5, 5.41) is 3.96. The van der Waals surface area contributed by atoms with Gasteiger partial charge in [-0.3, -0.25) is 10.1 Å². The van der Waals surface area contributed by atoms with Gasteiger partial charge in [-0.05, 0) is 18.6 Å². The number of aromatic nitrogens is 1. The Morgan fingerprint density at radius 1 is 1.53 bits per heavy atom. The van der Waals surface area contributed by atoms with Crippen molar-refractivity contribution in [1.29, 1.82) is 0 Å². The lowest BCUT2D eigenvalue weighted by Gasteiger charge is -2.22. The normalized spacial score (nSPS) is 18.3. The molecule has 3 rings (SSSR count). The molecular formula is C14H15FN2O2. The van der Waals surface area contributed by atoms with Crippen molar-refractivity contribution < 1.29 is 13.9 Å². The van der Waals surface area contributed by atoms with E-state index in [0.29, 0.717) is 25.1 Å². The third kappa shape index (κ3) is 2.00. The molecule has 0 spiro atoms. The van der Waals surface area contributed by atoms with Crippen LogP contribution in [0.25, 0.3) is 10.9 Å². The number of esters is 1. The minimum absolute atomic E-state index is 0.251. The summed E-state index contributed by atoms with van der Waals surface area (Å²) in [6, 6.07) is 4.64. The number of para-hydroxylation sites is 1. The van der Waals surface area contributed by atoms with Crippen molar-refractivity contribution >= 4 is 16.9 Å². The van der Waals surface area contributed by atoms with Crippen molar-refractivity contribution in [2.45, 2.75) is 25.9 Å². The Hall–Kier alpha value is -1.88. The molecule has 0 bridgehead atoms. The minimum atomic E-state index is -0.352. The molecule has 0 radical (unpaired) electrons. The van der Waals surface area contributed by atoms with E-state index < -0.39 is 0 Å². The molecule has 1 aromatic carbocycles. The highest BCUT2D eigenvalue weighted by Gasteiger charge is 2.28. The van der Waals surface area contributed by atoms with E-state index in [0.717, 1.165) is 16.6 Å². The van der Waals surface area contributed by atoms with Crippen LogP contribution in [0.2, 0.25) is 0 Å². The number of nitrogens with one attached hydrogen (secondary N) is 2. The average molecular weight is 262 g/mol. The second-order valence-corrected chi connectivity index (χ2v) is 4.63. The van der Waals surface area contributed by atoms with E-state index in [-0.39, 0.29) is 17.8 Å². The van der Waals surface area contributed by atoms with Gasteiger partial charge in [-0.1, -0.05) is 12.1 Å². The third-order valence-electron chi connectivity index (χ3n) is 3.48. The molecule has 1 aliphatic rings. The van der Waals surface area contributed by atoms with Crippen LogP contribution in [0.4, 0.5) is 4.39 Å². The molecule has 1 atom stereocenters. The maximum Gasteiger partial charge on any atom is 0.323 e. The van der Waals surface area contributed by atoms with Gasteiger partial charge in [0.2, 0.25) is 0 Å². The van der Waals surface area contributed by atoms with Crippen LogP contribution in [0.1, 0.15) is 18.2 Å². The molecule has 0 aliphatic carbocycles. The van der Waals surface area contributed by atoms with E-state index in [1.165, 1.54) is 6.07 Å². The highest BCUT2D eigenvalue weighted by atomic mass is 19.1. The second-order valence-electron chi connectivity index (χ2n) is 4.63. The standard InChI is InChI=1S/C14H15FN2O2/c1-2-19-14(18)11-6-9-8-4-3-5-10(15)13(8)17-12(9)7-16-11/h3-5,11,16-17H,2,6-7H2,1H3. The molecule has 2 heterocycles. The first-order chi connectivity index (χ1) is 9.20. The first-order valence-electron chi connectivity index (χ1n) is 6.38. The lowest BCUT2D eigenvalue weighted by Crippen LogP contribution is -2.42. The molecule has 100 valence electrons. The summed E-state index contributed by atoms with van der Waals surface area (Å²) in [5.74, 6) is -0.515. The van der Waals surface area contributed by atoms with E-state index >= 15 is 0 Å². The summed E-state index contributed by atoms with van der Waals surface area (Å²) in [5.41, 5.74) is 2.46. The molecule has 2 aromatic rings. The number of fused-ring (bicyclic) bond motifs is 3. The fourth-order valence-electron chi connectivity index (χ4n) is 2.59. The van der Waals surface area contributed by atoms with Crippen molar-refractivity contribution in [2.24, 2.45) is 0 Å². The molecule has 0 amide bonds. The largest absolute Gasteiger partial charge is 0.465 e. The van der Waals surface area contributed by atoms with E-state index in [9.17, 15) is 9.18 Å². The first kappa shape index (κ1) is 12.2. The molecule has 5 heteroatoms. The number of halogens is 1. The van der Waals surface area contributed by atoms with Gasteiger partial charge >= 0.3 is 5.97 Å². The zero-order chi connectivity index (χ0) is 13.4. The molecule has 19 heavy (non-hydrogen) atoms. The Morgan fingerprint density at radius 3 is 3.16 bits per heavy atom. The van der Waals surface area contributed by atoms with Gasteiger partial charge in [0.25, 0.3) is 0 Å². The Bertz CT molecular complexity index is 636. The number of H-pyrrole nitrogens is 1. The zero-order valence-corrected chi connectivity index (χ0v) is 10.6. The highest BCUT2D eigenvalue weighted by molar-refractivity contribution is 5.87. The number of aromatic amines is 1. The Morgan fingerprint density at radius 2 is 2.37 bits per heavy atom. The van der Waals surface area contributed by atoms with Gasteiger partial charge in [-0.2, -0.15) is 0 Å². The molecule has 0 saturated carbocycles. The van der Waals surface area contributed by atoms with E-state index in [4.69, 9.17) is 4.74 Å². The predicted molar refractivity (Wildman–Crippen MR) is 69.2 cm³/mol. The fourth-order valence-corrected chi connectivity index (χ4v) is 2.59. The smallest absolute Gasteiger partial charge is 0.323 e. The van der Waals surface area contributed by atoms with E-state index in [1.54, 1.807) is 13.0 Å². The van der Waals surface area contributed by atoms with Gasteiger partial charge in [-0.25, -0.2) is 4.39 Å². The SMILES string of the molecule is CCOC(=O)C1Cc2c([nH]c3c(F)cccc23)CN1. The van der Waals surface area contributed by atoms with E-state index in [1.807, 2.05) is 6.07 Å². The summed E-state index contributed by atoms with van der Waals surface area (Å²) in [6.45, 7) is 2.67. The number of hydrogen-bond acceptors (Lipinski definition) is 3. The second kappa shape index (κ2) is 4.66. The molecule has 1 unspecified atom stereocenters. The average Bonchev–Trinajstić information content (AvgIpc) is 2.78. The zero-order valence-electron chi connectivity index (χ0n) is 10.6. The van der Waals surface area contributed by atoms with Crippen LogP contribution in [0.3, 0.4) is 0 Å². The fraction of sp³-hybridized carbons (Fsp3) is 0.357. The minimum Gasteiger partial charge on any atom is -0.465 e. The van der Waals surface area contributed by atoms with Crippen molar-refractivity contribution in [3.05, 3.63) is 35.3 Å². The topological polar surface area (TPSA) is 54.1 Å². The van der Waals surface area contributed by atoms with Crippen molar-refractivity contribution in [2.75, 3.05) is 6.61 Å². The number of carbonyl (C=O) groups excluding carboxylic acids is 1. The molecule has 1 aromatic heterocycles. The molecule has 0 fully saturated rings. The van der Waals surface area contributed by atoms with Crippen LogP contribution in [0.15, 0.2) is 18.2 Å². The van der Waals surface area contributed by atoms with Gasteiger partial charge in [-0.15, -0.1) is 0 Å². The van der Waals surface area contributed by atoms with Crippen LogP contribution in [-0.2, 0) is 22.5 Å². The van der Waals surface area contributed by atoms with Crippen molar-refractivity contribution in [3.63, 3.8) is 0 Å². The number of hydrogen-bond donors (Lipinski definition) is 2. The van der Waals surface area contributed by atoms with Gasteiger partial charge in [0.15, 0.2) is 0 Å². The van der Waals surface area contributed by atoms with Gasteiger partial charge in [0.1, 0.15) is 11.9 Å². The number of benzene rings is 1. The van der Waals surface area contributed by atoms with Gasteiger partial charge in [0, 0.05) is 24.0 Å². The molecular weight excluding hydrogens is 247 g/mol. The van der Waals surface area contributed by atoms with Crippen LogP contribution < -0.4 is 5.32 Å². The van der Waals surface area contributed by atoms with Gasteiger partial charge < -0.3 is 9.72 Å². The highest BCUT2D eigenvalue weighted by Crippen LogP contribution is 2.28. The molecule has 0 saturated heterocycles. The molecule has 1 aliphatic heterocycles. The molecule has 2 N–H and O–H groups in total. The van der Waals surface area contributed by atoms with Gasteiger partial charge in [0.05, 0.1) is 12.1 Å². The summed E-state index contributed by atoms with van der Waals surface area (Å²) in [7, 11) is 0. The van der Waals surface area contributed by atoms with Crippen LogP contribution in [0, 0.1) is 5.82 Å². The maximum absolute atomic E-state index is 13.7. The van der Waals surface area contributed by atoms with Crippen LogP contribution in [-0.4, -0.2) is 23.6 Å². The lowest BCUT2D eigenvalue weighted by molar-refractivity contribution is -0.145. The number of rotatable bonds is 2. The van der Waals surface area contributed by atoms with Crippen molar-refractivity contribution in [1.82, 2.24) is 10.3 Å². The number of carbonyl (C=O) groups is 1. The van der Waals surface area contributed by atoms with Crippen molar-refractivity contribution in [3.8, 4) is 0 Å². The monoisotopic (exact) mass is 262 g/mol. The summed E-state index contributed by atoms with van der Waals surface area (Å²) < 4.78 is 18.7. The third-order valence-corrected chi connectivity index (χ3v) is 3.48. The van der Waals surface area contributed by atoms with Crippen LogP contribution >= 0.6 is 0 Å². The Labute approximate surface area is 109 Å². The van der Waals surface area contributed by atoms with Crippen LogP contribution in [0.5, 0.6) is 0 Å². The quantitative estimate of drug-likeness (QED) is 0.813. The Kier molecular flexibility index (Phi) is 2.98. The summed E-state index contributed by atoms with van der Waals surface area (Å²) in [4.78, 5) is 14.8. The summed E-state index contributed by atoms with van der Waals surface area (Å²) >= 11 is 0. The maximum atomic E-state index is 13.7. The predicted octanol–water partition coefficient (Wildman–Crippen LogP) is 1.88. The number of ether oxygens (including phenoxy) is 1. The first-order valence-corrected chi connectivity index (χ1v) is 6.38. The molecule has 4 nitrogen and oxygen atoms in total. The van der Waals surface area contributed by atoms with E-state index in [2.05, 4.69) is 10.3 Å². The Balaban J connectivity index is 1.98.